The van der Waals surface area contributed by atoms with E-state index in [0.717, 1.165) is 64.2 Å². The maximum atomic E-state index is 12.6. The molecule has 0 aliphatic rings. The van der Waals surface area contributed by atoms with Crippen molar-refractivity contribution in [2.75, 3.05) is 26.4 Å². The Morgan fingerprint density at radius 1 is 0.577 bits per heavy atom. The summed E-state index contributed by atoms with van der Waals surface area (Å²) in [7, 11) is -4.61. The van der Waals surface area contributed by atoms with E-state index in [2.05, 4.69) is 42.7 Å². The Kier molecular flexibility index (Phi) is 36.6. The molecule has 0 spiro atoms. The third kappa shape index (κ3) is 36.8. The number of allylic oxidation sites excluding steroid dienone is 4. The van der Waals surface area contributed by atoms with Crippen LogP contribution in [0.3, 0.4) is 0 Å². The summed E-state index contributed by atoms with van der Waals surface area (Å²) >= 11 is 0. The molecule has 0 aliphatic heterocycles. The summed E-state index contributed by atoms with van der Waals surface area (Å²) in [5.41, 5.74) is 0. The zero-order valence-electron chi connectivity index (χ0n) is 33.0. The van der Waals surface area contributed by atoms with Crippen LogP contribution in [0.2, 0.25) is 0 Å². The number of ether oxygens (including phenoxy) is 2. The summed E-state index contributed by atoms with van der Waals surface area (Å²) in [6.45, 7) is 2.34. The molecule has 0 amide bonds. The highest BCUT2D eigenvalue weighted by molar-refractivity contribution is 7.47. The van der Waals surface area contributed by atoms with Crippen LogP contribution in [0.5, 0.6) is 0 Å². The zero-order chi connectivity index (χ0) is 38.4. The van der Waals surface area contributed by atoms with Gasteiger partial charge in [0.1, 0.15) is 12.7 Å². The lowest BCUT2D eigenvalue weighted by atomic mass is 10.0. The second kappa shape index (κ2) is 37.8. The van der Waals surface area contributed by atoms with Crippen molar-refractivity contribution in [1.82, 2.24) is 0 Å². The van der Waals surface area contributed by atoms with Gasteiger partial charge in [0.05, 0.1) is 19.8 Å². The molecule has 0 rings (SSSR count). The van der Waals surface area contributed by atoms with Crippen LogP contribution in [-0.2, 0) is 32.7 Å². The van der Waals surface area contributed by atoms with Gasteiger partial charge in [0, 0.05) is 12.8 Å². The van der Waals surface area contributed by atoms with Gasteiger partial charge in [-0.25, -0.2) is 4.57 Å². The van der Waals surface area contributed by atoms with E-state index < -0.39 is 51.8 Å². The summed E-state index contributed by atoms with van der Waals surface area (Å²) in [4.78, 5) is 34.9. The molecular formula is C41H77O10P. The number of hydrogen-bond acceptors (Lipinski definition) is 9. The standard InChI is InChI=1S/C41H77O10P/c1-3-5-7-9-11-13-15-17-19-21-23-25-27-29-31-33-41(45)51-39(37-50-52(46,47)49-35-38(43)34-42)36-48-40(44)32-30-28-26-24-22-20-18-16-14-12-10-8-6-4-2/h11,13,17,19,38-39,42-43H,3-10,12,14-16,18,20-37H2,1-2H3,(H,46,47)/b13-11-,19-17-. The topological polar surface area (TPSA) is 149 Å². The van der Waals surface area contributed by atoms with E-state index in [1.165, 1.54) is 83.5 Å². The van der Waals surface area contributed by atoms with Crippen molar-refractivity contribution < 1.29 is 47.8 Å². The first kappa shape index (κ1) is 50.5. The van der Waals surface area contributed by atoms with Crippen molar-refractivity contribution in [3.63, 3.8) is 0 Å². The van der Waals surface area contributed by atoms with E-state index in [1.54, 1.807) is 0 Å². The second-order valence-corrected chi connectivity index (χ2v) is 15.5. The molecule has 0 saturated heterocycles. The van der Waals surface area contributed by atoms with E-state index in [9.17, 15) is 24.2 Å². The molecule has 0 bridgehead atoms. The van der Waals surface area contributed by atoms with Crippen LogP contribution in [0.15, 0.2) is 24.3 Å². The van der Waals surface area contributed by atoms with E-state index >= 15 is 0 Å². The Balaban J connectivity index is 4.33. The van der Waals surface area contributed by atoms with E-state index in [-0.39, 0.29) is 19.4 Å². The molecule has 0 radical (unpaired) electrons. The molecule has 3 N–H and O–H groups in total. The van der Waals surface area contributed by atoms with E-state index in [0.29, 0.717) is 12.8 Å². The van der Waals surface area contributed by atoms with Gasteiger partial charge in [-0.2, -0.15) is 0 Å². The lowest BCUT2D eigenvalue weighted by Gasteiger charge is -2.20. The molecule has 3 atom stereocenters. The fourth-order valence-corrected chi connectivity index (χ4v) is 6.40. The van der Waals surface area contributed by atoms with Gasteiger partial charge in [-0.3, -0.25) is 18.6 Å². The van der Waals surface area contributed by atoms with Gasteiger partial charge < -0.3 is 24.6 Å². The SMILES string of the molecule is CCCCC/C=C\C/C=C\CCCCCCCC(=O)OC(COC(=O)CCCCCCCCCCCCCCCC)COP(=O)(O)OCC(O)CO. The second-order valence-electron chi connectivity index (χ2n) is 14.0. The Hall–Kier alpha value is -1.55. The average molecular weight is 761 g/mol. The van der Waals surface area contributed by atoms with Crippen LogP contribution in [0.25, 0.3) is 0 Å². The van der Waals surface area contributed by atoms with Crippen molar-refractivity contribution in [3.05, 3.63) is 24.3 Å². The van der Waals surface area contributed by atoms with Crippen molar-refractivity contribution in [3.8, 4) is 0 Å². The Bertz CT molecular complexity index is 925. The maximum absolute atomic E-state index is 12.6. The number of rotatable bonds is 39. The molecule has 0 aromatic carbocycles. The minimum Gasteiger partial charge on any atom is -0.462 e. The molecule has 0 aliphatic carbocycles. The average Bonchev–Trinajstić information content (AvgIpc) is 3.13. The van der Waals surface area contributed by atoms with Gasteiger partial charge in [0.15, 0.2) is 6.10 Å². The van der Waals surface area contributed by atoms with Gasteiger partial charge >= 0.3 is 19.8 Å². The van der Waals surface area contributed by atoms with Crippen LogP contribution >= 0.6 is 7.82 Å². The number of aliphatic hydroxyl groups excluding tert-OH is 2. The molecule has 52 heavy (non-hydrogen) atoms. The number of phosphoric acid groups is 1. The highest BCUT2D eigenvalue weighted by Gasteiger charge is 2.27. The summed E-state index contributed by atoms with van der Waals surface area (Å²) in [6, 6.07) is 0. The first-order valence-electron chi connectivity index (χ1n) is 20.8. The van der Waals surface area contributed by atoms with Gasteiger partial charge in [-0.05, 0) is 44.9 Å². The number of aliphatic hydroxyl groups is 2. The van der Waals surface area contributed by atoms with Crippen molar-refractivity contribution in [2.45, 2.75) is 199 Å². The molecule has 0 aromatic heterocycles. The van der Waals surface area contributed by atoms with Crippen LogP contribution in [0.1, 0.15) is 187 Å². The molecule has 0 saturated carbocycles. The molecule has 0 fully saturated rings. The fraction of sp³-hybridized carbons (Fsp3) is 0.854. The molecule has 10 nitrogen and oxygen atoms in total. The van der Waals surface area contributed by atoms with E-state index in [1.807, 2.05) is 0 Å². The van der Waals surface area contributed by atoms with Gasteiger partial charge in [0.2, 0.25) is 0 Å². The molecular weight excluding hydrogens is 683 g/mol. The zero-order valence-corrected chi connectivity index (χ0v) is 33.9. The largest absolute Gasteiger partial charge is 0.472 e. The minimum atomic E-state index is -4.61. The maximum Gasteiger partial charge on any atom is 0.472 e. The lowest BCUT2D eigenvalue weighted by Crippen LogP contribution is -2.29. The summed E-state index contributed by atoms with van der Waals surface area (Å²) in [5.74, 6) is -0.935. The number of carbonyl (C=O) groups excluding carboxylic acids is 2. The third-order valence-corrected chi connectivity index (χ3v) is 9.81. The van der Waals surface area contributed by atoms with Gasteiger partial charge in [-0.1, -0.05) is 154 Å². The highest BCUT2D eigenvalue weighted by atomic mass is 31.2. The number of carbonyl (C=O) groups is 2. The van der Waals surface area contributed by atoms with Crippen LogP contribution in [0, 0.1) is 0 Å². The Labute approximate surface area is 317 Å². The summed E-state index contributed by atoms with van der Waals surface area (Å²) in [5, 5.41) is 18.3. The van der Waals surface area contributed by atoms with Crippen LogP contribution in [0.4, 0.5) is 0 Å². The third-order valence-electron chi connectivity index (χ3n) is 8.86. The normalized spacial score (nSPS) is 14.2. The smallest absolute Gasteiger partial charge is 0.462 e. The van der Waals surface area contributed by atoms with Gasteiger partial charge in [-0.15, -0.1) is 0 Å². The summed E-state index contributed by atoms with van der Waals surface area (Å²) < 4.78 is 32.6. The molecule has 0 aromatic rings. The lowest BCUT2D eigenvalue weighted by molar-refractivity contribution is -0.161. The Morgan fingerprint density at radius 3 is 1.52 bits per heavy atom. The molecule has 306 valence electrons. The van der Waals surface area contributed by atoms with Crippen molar-refractivity contribution >= 4 is 19.8 Å². The number of esters is 2. The van der Waals surface area contributed by atoms with Crippen molar-refractivity contribution in [1.29, 1.82) is 0 Å². The number of phosphoric ester groups is 1. The molecule has 0 heterocycles. The first-order valence-corrected chi connectivity index (χ1v) is 22.3. The molecule has 3 unspecified atom stereocenters. The first-order chi connectivity index (χ1) is 25.2. The predicted octanol–water partition coefficient (Wildman–Crippen LogP) is 10.6. The number of hydrogen-bond donors (Lipinski definition) is 3. The van der Waals surface area contributed by atoms with E-state index in [4.69, 9.17) is 19.1 Å². The van der Waals surface area contributed by atoms with Crippen LogP contribution < -0.4 is 0 Å². The monoisotopic (exact) mass is 761 g/mol. The van der Waals surface area contributed by atoms with Gasteiger partial charge in [0.25, 0.3) is 0 Å². The minimum absolute atomic E-state index is 0.171. The highest BCUT2D eigenvalue weighted by Crippen LogP contribution is 2.43. The van der Waals surface area contributed by atoms with Crippen molar-refractivity contribution in [2.24, 2.45) is 0 Å². The Morgan fingerprint density at radius 2 is 1.00 bits per heavy atom. The number of unbranched alkanes of at least 4 members (excludes halogenated alkanes) is 21. The quantitative estimate of drug-likeness (QED) is 0.0239. The van der Waals surface area contributed by atoms with Crippen LogP contribution in [-0.4, -0.2) is 65.7 Å². The molecule has 11 heteroatoms. The summed E-state index contributed by atoms with van der Waals surface area (Å²) in [6.07, 6.45) is 35.7. The fourth-order valence-electron chi connectivity index (χ4n) is 5.61. The predicted molar refractivity (Wildman–Crippen MR) is 210 cm³/mol.